The van der Waals surface area contributed by atoms with Crippen molar-refractivity contribution >= 4 is 22.8 Å². The van der Waals surface area contributed by atoms with Crippen LogP contribution in [0.3, 0.4) is 0 Å². The van der Waals surface area contributed by atoms with Crippen LogP contribution < -0.4 is 15.8 Å². The lowest BCUT2D eigenvalue weighted by molar-refractivity contribution is 0.416. The van der Waals surface area contributed by atoms with Crippen molar-refractivity contribution in [3.63, 3.8) is 0 Å². The van der Waals surface area contributed by atoms with Crippen molar-refractivity contribution in [2.24, 2.45) is 0 Å². The van der Waals surface area contributed by atoms with Crippen LogP contribution in [0.25, 0.3) is 22.3 Å². The number of aromatic nitrogens is 4. The number of nitrogens with two attached hydrogens (primary N) is 1. The molecule has 0 atom stereocenters. The standard InChI is InChI=1S/C27H26N6O/c1-34-22-15-9-8-14-21(22)24-23-25(28)33(18-20-12-6-3-7-13-20)32-26(23)31-27(30-24)29-17-16-19-10-4-2-5-11-19/h2-15H,16-18,28H2,1H3,(H,29,31,32). The second-order valence-electron chi connectivity index (χ2n) is 7.99. The van der Waals surface area contributed by atoms with Crippen molar-refractivity contribution < 1.29 is 4.74 Å². The predicted octanol–water partition coefficient (Wildman–Crippen LogP) is 4.79. The zero-order valence-electron chi connectivity index (χ0n) is 19.0. The van der Waals surface area contributed by atoms with Gasteiger partial charge in [-0.1, -0.05) is 72.8 Å². The van der Waals surface area contributed by atoms with E-state index >= 15 is 0 Å². The fourth-order valence-corrected chi connectivity index (χ4v) is 4.01. The number of nitrogen functional groups attached to an aromatic ring is 1. The van der Waals surface area contributed by atoms with E-state index in [0.717, 1.165) is 17.5 Å². The molecule has 0 unspecified atom stereocenters. The van der Waals surface area contributed by atoms with E-state index in [1.165, 1.54) is 5.56 Å². The molecule has 0 saturated carbocycles. The van der Waals surface area contributed by atoms with E-state index in [-0.39, 0.29) is 0 Å². The Morgan fingerprint density at radius 2 is 1.53 bits per heavy atom. The minimum atomic E-state index is 0.508. The Balaban J connectivity index is 1.55. The molecule has 0 saturated heterocycles. The zero-order valence-corrected chi connectivity index (χ0v) is 19.0. The summed E-state index contributed by atoms with van der Waals surface area (Å²) < 4.78 is 7.40. The SMILES string of the molecule is COc1ccccc1-c1nc(NCCc2ccccc2)nc2nn(Cc3ccccc3)c(N)c12. The largest absolute Gasteiger partial charge is 0.496 e. The van der Waals surface area contributed by atoms with Gasteiger partial charge in [0.1, 0.15) is 11.6 Å². The molecule has 34 heavy (non-hydrogen) atoms. The first-order valence-electron chi connectivity index (χ1n) is 11.2. The van der Waals surface area contributed by atoms with Gasteiger partial charge in [-0.25, -0.2) is 9.67 Å². The average Bonchev–Trinajstić information content (AvgIpc) is 3.19. The first-order valence-corrected chi connectivity index (χ1v) is 11.2. The van der Waals surface area contributed by atoms with Crippen LogP contribution >= 0.6 is 0 Å². The third-order valence-electron chi connectivity index (χ3n) is 5.72. The van der Waals surface area contributed by atoms with E-state index in [0.29, 0.717) is 47.3 Å². The number of methoxy groups -OCH3 is 1. The fraction of sp³-hybridized carbons (Fsp3) is 0.148. The van der Waals surface area contributed by atoms with E-state index in [2.05, 4.69) is 29.6 Å². The highest BCUT2D eigenvalue weighted by Crippen LogP contribution is 2.36. The van der Waals surface area contributed by atoms with Crippen molar-refractivity contribution in [2.45, 2.75) is 13.0 Å². The highest BCUT2D eigenvalue weighted by atomic mass is 16.5. The van der Waals surface area contributed by atoms with Gasteiger partial charge in [0.05, 0.1) is 24.7 Å². The maximum Gasteiger partial charge on any atom is 0.225 e. The smallest absolute Gasteiger partial charge is 0.225 e. The second-order valence-corrected chi connectivity index (χ2v) is 7.99. The van der Waals surface area contributed by atoms with E-state index < -0.39 is 0 Å². The third-order valence-corrected chi connectivity index (χ3v) is 5.72. The highest BCUT2D eigenvalue weighted by Gasteiger charge is 2.20. The summed E-state index contributed by atoms with van der Waals surface area (Å²) in [5.74, 6) is 1.75. The molecule has 3 N–H and O–H groups in total. The molecule has 7 nitrogen and oxygen atoms in total. The molecule has 0 amide bonds. The summed E-state index contributed by atoms with van der Waals surface area (Å²) in [6.07, 6.45) is 0.858. The summed E-state index contributed by atoms with van der Waals surface area (Å²) in [6.45, 7) is 1.24. The summed E-state index contributed by atoms with van der Waals surface area (Å²) in [5, 5.41) is 8.81. The van der Waals surface area contributed by atoms with Crippen molar-refractivity contribution in [3.05, 3.63) is 96.1 Å². The van der Waals surface area contributed by atoms with Gasteiger partial charge in [-0.15, -0.1) is 5.10 Å². The molecular formula is C27H26N6O. The Morgan fingerprint density at radius 1 is 0.853 bits per heavy atom. The molecule has 5 rings (SSSR count). The molecule has 0 aliphatic carbocycles. The summed E-state index contributed by atoms with van der Waals surface area (Å²) in [4.78, 5) is 9.55. The molecule has 7 heteroatoms. The monoisotopic (exact) mass is 450 g/mol. The van der Waals surface area contributed by atoms with Crippen LogP contribution in [0.4, 0.5) is 11.8 Å². The minimum Gasteiger partial charge on any atom is -0.496 e. The van der Waals surface area contributed by atoms with Crippen LogP contribution in [0.15, 0.2) is 84.9 Å². The quantitative estimate of drug-likeness (QED) is 0.353. The predicted molar refractivity (Wildman–Crippen MR) is 136 cm³/mol. The van der Waals surface area contributed by atoms with Gasteiger partial charge in [0.25, 0.3) is 0 Å². The van der Waals surface area contributed by atoms with Gasteiger partial charge in [-0.3, -0.25) is 0 Å². The maximum atomic E-state index is 6.60. The molecule has 2 aromatic heterocycles. The Bertz CT molecular complexity index is 1400. The lowest BCUT2D eigenvalue weighted by Crippen LogP contribution is -2.09. The van der Waals surface area contributed by atoms with Gasteiger partial charge in [0.15, 0.2) is 5.65 Å². The van der Waals surface area contributed by atoms with Crippen molar-refractivity contribution in [1.29, 1.82) is 0 Å². The van der Waals surface area contributed by atoms with Crippen LogP contribution in [-0.2, 0) is 13.0 Å². The number of hydrogen-bond donors (Lipinski definition) is 2. The first-order chi connectivity index (χ1) is 16.7. The number of nitrogens with one attached hydrogen (secondary N) is 1. The molecule has 2 heterocycles. The normalized spacial score (nSPS) is 11.0. The lowest BCUT2D eigenvalue weighted by Gasteiger charge is -2.11. The topological polar surface area (TPSA) is 90.9 Å². The first kappa shape index (κ1) is 21.5. The van der Waals surface area contributed by atoms with Gasteiger partial charge in [-0.2, -0.15) is 4.98 Å². The number of benzene rings is 3. The molecule has 0 radical (unpaired) electrons. The molecule has 0 spiro atoms. The highest BCUT2D eigenvalue weighted by molar-refractivity contribution is 6.00. The molecule has 0 fully saturated rings. The van der Waals surface area contributed by atoms with Gasteiger partial charge >= 0.3 is 0 Å². The van der Waals surface area contributed by atoms with Gasteiger partial charge in [0.2, 0.25) is 5.95 Å². The Hall–Kier alpha value is -4.39. The molecule has 170 valence electrons. The Kier molecular flexibility index (Phi) is 6.07. The fourth-order valence-electron chi connectivity index (χ4n) is 4.01. The molecule has 0 bridgehead atoms. The van der Waals surface area contributed by atoms with E-state index in [1.54, 1.807) is 11.8 Å². The van der Waals surface area contributed by atoms with Crippen molar-refractivity contribution in [3.8, 4) is 17.0 Å². The van der Waals surface area contributed by atoms with E-state index in [9.17, 15) is 0 Å². The van der Waals surface area contributed by atoms with Gasteiger partial charge < -0.3 is 15.8 Å². The van der Waals surface area contributed by atoms with E-state index in [4.69, 9.17) is 25.5 Å². The minimum absolute atomic E-state index is 0.508. The summed E-state index contributed by atoms with van der Waals surface area (Å²) in [6, 6.07) is 28.2. The average molecular weight is 451 g/mol. The molecule has 5 aromatic rings. The molecule has 0 aliphatic rings. The number of hydrogen-bond acceptors (Lipinski definition) is 6. The number of rotatable bonds is 8. The number of anilines is 2. The van der Waals surface area contributed by atoms with Crippen LogP contribution in [0, 0.1) is 0 Å². The Labute approximate surface area is 198 Å². The molecule has 3 aromatic carbocycles. The third kappa shape index (κ3) is 4.41. The summed E-state index contributed by atoms with van der Waals surface area (Å²) in [7, 11) is 1.65. The summed E-state index contributed by atoms with van der Waals surface area (Å²) in [5.41, 5.74) is 11.0. The van der Waals surface area contributed by atoms with Gasteiger partial charge in [-0.05, 0) is 29.7 Å². The maximum absolute atomic E-state index is 6.60. The number of nitrogens with zero attached hydrogens (tertiary/aromatic N) is 4. The van der Waals surface area contributed by atoms with Gasteiger partial charge in [0, 0.05) is 12.1 Å². The molecular weight excluding hydrogens is 424 g/mol. The van der Waals surface area contributed by atoms with Crippen molar-refractivity contribution in [1.82, 2.24) is 19.7 Å². The zero-order chi connectivity index (χ0) is 23.3. The summed E-state index contributed by atoms with van der Waals surface area (Å²) >= 11 is 0. The van der Waals surface area contributed by atoms with Crippen LogP contribution in [0.5, 0.6) is 5.75 Å². The second kappa shape index (κ2) is 9.62. The number of ether oxygens (including phenoxy) is 1. The van der Waals surface area contributed by atoms with Crippen molar-refractivity contribution in [2.75, 3.05) is 24.7 Å². The van der Waals surface area contributed by atoms with Crippen LogP contribution in [-0.4, -0.2) is 33.4 Å². The number of para-hydroxylation sites is 1. The number of fused-ring (bicyclic) bond motifs is 1. The lowest BCUT2D eigenvalue weighted by atomic mass is 10.1. The van der Waals surface area contributed by atoms with Crippen LogP contribution in [0.1, 0.15) is 11.1 Å². The van der Waals surface area contributed by atoms with E-state index in [1.807, 2.05) is 60.7 Å². The molecule has 0 aliphatic heterocycles. The van der Waals surface area contributed by atoms with Crippen LogP contribution in [0.2, 0.25) is 0 Å². The Morgan fingerprint density at radius 3 is 2.26 bits per heavy atom.